The molecular formula is C21H20N2O5. The van der Waals surface area contributed by atoms with E-state index in [1.807, 2.05) is 6.07 Å². The van der Waals surface area contributed by atoms with E-state index in [2.05, 4.69) is 5.32 Å². The normalized spacial score (nSPS) is 11.0. The van der Waals surface area contributed by atoms with E-state index in [0.717, 1.165) is 0 Å². The highest BCUT2D eigenvalue weighted by Gasteiger charge is 2.18. The molecule has 0 aliphatic carbocycles. The van der Waals surface area contributed by atoms with Crippen molar-refractivity contribution in [3.63, 3.8) is 0 Å². The summed E-state index contributed by atoms with van der Waals surface area (Å²) in [4.78, 5) is 36.0. The van der Waals surface area contributed by atoms with Gasteiger partial charge in [0.1, 0.15) is 5.75 Å². The number of hydrogen-bond donors (Lipinski definition) is 1. The van der Waals surface area contributed by atoms with Gasteiger partial charge in [-0.3, -0.25) is 9.59 Å². The Morgan fingerprint density at radius 1 is 1.04 bits per heavy atom. The zero-order chi connectivity index (χ0) is 20.5. The minimum atomic E-state index is -0.741. The first kappa shape index (κ1) is 20.6. The second-order valence-corrected chi connectivity index (χ2v) is 5.87. The number of Topliss-reactive ketones (excluding diaryl/α,β-unsaturated/α-hetero) is 1. The van der Waals surface area contributed by atoms with E-state index in [4.69, 9.17) is 14.7 Å². The molecule has 2 rings (SSSR count). The summed E-state index contributed by atoms with van der Waals surface area (Å²) in [5.74, 6) is -0.709. The molecule has 1 atom stereocenters. The number of ether oxygens (including phenoxy) is 2. The van der Waals surface area contributed by atoms with E-state index in [1.54, 1.807) is 38.1 Å². The van der Waals surface area contributed by atoms with Crippen molar-refractivity contribution in [1.29, 1.82) is 5.26 Å². The van der Waals surface area contributed by atoms with Crippen molar-refractivity contribution in [2.45, 2.75) is 19.9 Å². The minimum Gasteiger partial charge on any atom is -0.482 e. The number of esters is 1. The average Bonchev–Trinajstić information content (AvgIpc) is 2.72. The lowest BCUT2D eigenvalue weighted by atomic mass is 10.0. The molecule has 2 aromatic carbocycles. The molecule has 2 aromatic rings. The van der Waals surface area contributed by atoms with Gasteiger partial charge in [-0.15, -0.1) is 0 Å². The largest absolute Gasteiger partial charge is 0.482 e. The lowest BCUT2D eigenvalue weighted by Gasteiger charge is -2.13. The monoisotopic (exact) mass is 380 g/mol. The van der Waals surface area contributed by atoms with Gasteiger partial charge in [-0.05, 0) is 62.4 Å². The van der Waals surface area contributed by atoms with Crippen LogP contribution < -0.4 is 10.1 Å². The van der Waals surface area contributed by atoms with E-state index in [9.17, 15) is 14.4 Å². The van der Waals surface area contributed by atoms with Gasteiger partial charge in [-0.1, -0.05) is 0 Å². The molecule has 0 radical (unpaired) electrons. The molecular weight excluding hydrogens is 360 g/mol. The summed E-state index contributed by atoms with van der Waals surface area (Å²) >= 11 is 0. The number of hydrogen-bond acceptors (Lipinski definition) is 6. The summed E-state index contributed by atoms with van der Waals surface area (Å²) in [5.41, 5.74) is 1.21. The van der Waals surface area contributed by atoms with Crippen molar-refractivity contribution >= 4 is 17.7 Å². The van der Waals surface area contributed by atoms with E-state index < -0.39 is 17.9 Å². The van der Waals surface area contributed by atoms with Crippen LogP contribution in [-0.4, -0.2) is 36.9 Å². The molecule has 0 aliphatic heterocycles. The molecule has 7 heteroatoms. The number of nitrogens with zero attached hydrogens (tertiary/aromatic N) is 1. The smallest absolute Gasteiger partial charge is 0.344 e. The van der Waals surface area contributed by atoms with E-state index >= 15 is 0 Å². The number of carbonyl (C=O) groups excluding carboxylic acids is 3. The Balaban J connectivity index is 1.93. The molecule has 1 N–H and O–H groups in total. The van der Waals surface area contributed by atoms with Crippen LogP contribution in [0.15, 0.2) is 48.5 Å². The number of carbonyl (C=O) groups is 3. The predicted molar refractivity (Wildman–Crippen MR) is 101 cm³/mol. The summed E-state index contributed by atoms with van der Waals surface area (Å²) in [6.07, 6.45) is 0. The Morgan fingerprint density at radius 3 is 2.21 bits per heavy atom. The van der Waals surface area contributed by atoms with E-state index in [1.165, 1.54) is 24.3 Å². The lowest BCUT2D eigenvalue weighted by Crippen LogP contribution is -2.38. The number of nitriles is 1. The first-order chi connectivity index (χ1) is 13.4. The Morgan fingerprint density at radius 2 is 1.64 bits per heavy atom. The lowest BCUT2D eigenvalue weighted by molar-refractivity contribution is -0.145. The first-order valence-corrected chi connectivity index (χ1v) is 8.68. The number of ketones is 1. The summed E-state index contributed by atoms with van der Waals surface area (Å²) in [6, 6.07) is 13.6. The van der Waals surface area contributed by atoms with Crippen LogP contribution in [0.5, 0.6) is 5.75 Å². The van der Waals surface area contributed by atoms with Gasteiger partial charge in [0.2, 0.25) is 0 Å². The summed E-state index contributed by atoms with van der Waals surface area (Å²) < 4.78 is 10.0. The Kier molecular flexibility index (Phi) is 7.28. The maximum atomic E-state index is 12.5. The second kappa shape index (κ2) is 9.88. The summed E-state index contributed by atoms with van der Waals surface area (Å²) in [6.45, 7) is 3.37. The van der Waals surface area contributed by atoms with Gasteiger partial charge in [0.25, 0.3) is 5.91 Å². The standard InChI is InChI=1S/C21H20N2O5/c1-3-27-19(24)13-28-18-10-8-16(9-11-18)20(25)14(2)23-21(26)17-6-4-15(12-22)5-7-17/h4-11,14H,3,13H2,1-2H3,(H,23,26). The molecule has 0 spiro atoms. The third kappa shape index (κ3) is 5.68. The van der Waals surface area contributed by atoms with Crippen LogP contribution in [0.2, 0.25) is 0 Å². The second-order valence-electron chi connectivity index (χ2n) is 5.87. The fraction of sp³-hybridized carbons (Fsp3) is 0.238. The molecule has 0 aromatic heterocycles. The third-order valence-corrected chi connectivity index (χ3v) is 3.82. The van der Waals surface area contributed by atoms with Crippen molar-refractivity contribution in [3.05, 3.63) is 65.2 Å². The van der Waals surface area contributed by atoms with Crippen LogP contribution in [0.3, 0.4) is 0 Å². The number of amides is 1. The summed E-state index contributed by atoms with van der Waals surface area (Å²) in [7, 11) is 0. The fourth-order valence-corrected chi connectivity index (χ4v) is 2.35. The highest BCUT2D eigenvalue weighted by Crippen LogP contribution is 2.14. The van der Waals surface area contributed by atoms with Gasteiger partial charge in [0.05, 0.1) is 24.3 Å². The van der Waals surface area contributed by atoms with Gasteiger partial charge >= 0.3 is 5.97 Å². The van der Waals surface area contributed by atoms with E-state index in [-0.39, 0.29) is 19.0 Å². The topological polar surface area (TPSA) is 105 Å². The fourth-order valence-electron chi connectivity index (χ4n) is 2.35. The molecule has 1 unspecified atom stereocenters. The van der Waals surface area contributed by atoms with Gasteiger partial charge in [-0.2, -0.15) is 5.26 Å². The zero-order valence-electron chi connectivity index (χ0n) is 15.6. The van der Waals surface area contributed by atoms with Crippen LogP contribution in [-0.2, 0) is 9.53 Å². The highest BCUT2D eigenvalue weighted by molar-refractivity contribution is 6.04. The van der Waals surface area contributed by atoms with Gasteiger partial charge < -0.3 is 14.8 Å². The maximum Gasteiger partial charge on any atom is 0.344 e. The molecule has 0 saturated heterocycles. The molecule has 0 heterocycles. The molecule has 144 valence electrons. The molecule has 0 aliphatic rings. The van der Waals surface area contributed by atoms with Crippen molar-refractivity contribution in [2.75, 3.05) is 13.2 Å². The number of nitrogens with one attached hydrogen (secondary N) is 1. The minimum absolute atomic E-state index is 0.210. The number of rotatable bonds is 8. The van der Waals surface area contributed by atoms with E-state index in [0.29, 0.717) is 22.4 Å². The molecule has 0 fully saturated rings. The Hall–Kier alpha value is -3.66. The summed E-state index contributed by atoms with van der Waals surface area (Å²) in [5, 5.41) is 11.4. The predicted octanol–water partition coefficient (Wildman–Crippen LogP) is 2.50. The maximum absolute atomic E-state index is 12.5. The zero-order valence-corrected chi connectivity index (χ0v) is 15.6. The Labute approximate surface area is 162 Å². The van der Waals surface area contributed by atoms with Crippen LogP contribution in [0.1, 0.15) is 40.1 Å². The van der Waals surface area contributed by atoms with Crippen molar-refractivity contribution in [2.24, 2.45) is 0 Å². The van der Waals surface area contributed by atoms with Crippen molar-refractivity contribution in [1.82, 2.24) is 5.32 Å². The molecule has 28 heavy (non-hydrogen) atoms. The van der Waals surface area contributed by atoms with Gasteiger partial charge in [0.15, 0.2) is 12.4 Å². The van der Waals surface area contributed by atoms with Crippen LogP contribution in [0.25, 0.3) is 0 Å². The molecule has 7 nitrogen and oxygen atoms in total. The molecule has 1 amide bonds. The highest BCUT2D eigenvalue weighted by atomic mass is 16.6. The quantitative estimate of drug-likeness (QED) is 0.557. The molecule has 0 bridgehead atoms. The van der Waals surface area contributed by atoms with Crippen molar-refractivity contribution in [3.8, 4) is 11.8 Å². The number of benzene rings is 2. The molecule has 0 saturated carbocycles. The van der Waals surface area contributed by atoms with Crippen LogP contribution in [0, 0.1) is 11.3 Å². The van der Waals surface area contributed by atoms with Gasteiger partial charge in [-0.25, -0.2) is 4.79 Å². The van der Waals surface area contributed by atoms with Crippen molar-refractivity contribution < 1.29 is 23.9 Å². The van der Waals surface area contributed by atoms with Gasteiger partial charge in [0, 0.05) is 11.1 Å². The third-order valence-electron chi connectivity index (χ3n) is 3.82. The SMILES string of the molecule is CCOC(=O)COc1ccc(C(=O)C(C)NC(=O)c2ccc(C#N)cc2)cc1. The van der Waals surface area contributed by atoms with Crippen LogP contribution >= 0.6 is 0 Å². The average molecular weight is 380 g/mol. The van der Waals surface area contributed by atoms with Crippen LogP contribution in [0.4, 0.5) is 0 Å². The first-order valence-electron chi connectivity index (χ1n) is 8.68. The Bertz CT molecular complexity index is 883.